The summed E-state index contributed by atoms with van der Waals surface area (Å²) in [5.74, 6) is 0.180. The Hall–Kier alpha value is -0.0300. The highest BCUT2D eigenvalue weighted by Crippen LogP contribution is 2.07. The molecule has 1 amide bonds. The minimum absolute atomic E-state index is 0. The van der Waals surface area contributed by atoms with Crippen LogP contribution in [0.15, 0.2) is 0 Å². The second-order valence-electron chi connectivity index (χ2n) is 4.24. The first kappa shape index (κ1) is 19.3. The quantitative estimate of drug-likeness (QED) is 0.767. The van der Waals surface area contributed by atoms with Crippen LogP contribution in [0.4, 0.5) is 0 Å². The van der Waals surface area contributed by atoms with E-state index in [0.717, 1.165) is 32.6 Å². The molecule has 0 radical (unpaired) electrons. The maximum absolute atomic E-state index is 11.5. The van der Waals surface area contributed by atoms with E-state index in [9.17, 15) is 4.79 Å². The molecule has 0 spiro atoms. The monoisotopic (exact) mass is 285 g/mol. The zero-order valence-corrected chi connectivity index (χ0v) is 12.3. The van der Waals surface area contributed by atoms with E-state index in [4.69, 9.17) is 0 Å². The fourth-order valence-corrected chi connectivity index (χ4v) is 1.77. The highest BCUT2D eigenvalue weighted by Gasteiger charge is 2.16. The average Bonchev–Trinajstić information content (AvgIpc) is 2.70. The zero-order valence-electron chi connectivity index (χ0n) is 10.7. The highest BCUT2D eigenvalue weighted by molar-refractivity contribution is 5.85. The van der Waals surface area contributed by atoms with Gasteiger partial charge in [-0.1, -0.05) is 6.92 Å². The smallest absolute Gasteiger partial charge is 0.221 e. The molecule has 0 saturated carbocycles. The van der Waals surface area contributed by atoms with E-state index in [1.54, 1.807) is 0 Å². The number of amides is 1. The van der Waals surface area contributed by atoms with Gasteiger partial charge in [-0.2, -0.15) is 0 Å². The largest absolute Gasteiger partial charge is 0.355 e. The van der Waals surface area contributed by atoms with E-state index in [1.165, 1.54) is 6.42 Å². The van der Waals surface area contributed by atoms with Gasteiger partial charge in [0.25, 0.3) is 0 Å². The summed E-state index contributed by atoms with van der Waals surface area (Å²) >= 11 is 0. The lowest BCUT2D eigenvalue weighted by atomic mass is 10.1. The molecule has 1 rings (SSSR count). The lowest BCUT2D eigenvalue weighted by Crippen LogP contribution is -2.36. The predicted octanol–water partition coefficient (Wildman–Crippen LogP) is 1.04. The van der Waals surface area contributed by atoms with Crippen LogP contribution in [0.5, 0.6) is 0 Å². The van der Waals surface area contributed by atoms with Crippen LogP contribution in [0.25, 0.3) is 0 Å². The molecule has 2 N–H and O–H groups in total. The number of likely N-dealkylation sites (N-methyl/N-ethyl adjacent to an activating group) is 1. The third kappa shape index (κ3) is 8.66. The van der Waals surface area contributed by atoms with Crippen LogP contribution >= 0.6 is 24.8 Å². The van der Waals surface area contributed by atoms with Crippen LogP contribution in [0.3, 0.4) is 0 Å². The van der Waals surface area contributed by atoms with Crippen molar-refractivity contribution in [3.8, 4) is 0 Å². The molecule has 4 nitrogen and oxygen atoms in total. The minimum atomic E-state index is 0. The van der Waals surface area contributed by atoms with Crippen molar-refractivity contribution in [3.05, 3.63) is 0 Å². The summed E-state index contributed by atoms with van der Waals surface area (Å²) in [5.41, 5.74) is 0. The Balaban J connectivity index is 0. The Labute approximate surface area is 117 Å². The molecule has 0 aromatic rings. The summed E-state index contributed by atoms with van der Waals surface area (Å²) < 4.78 is 0. The number of rotatable bonds is 6. The van der Waals surface area contributed by atoms with Crippen LogP contribution in [0, 0.1) is 0 Å². The van der Waals surface area contributed by atoms with Gasteiger partial charge in [0.2, 0.25) is 5.91 Å². The second kappa shape index (κ2) is 11.1. The molecule has 1 heterocycles. The van der Waals surface area contributed by atoms with Crippen LogP contribution in [0.2, 0.25) is 0 Å². The molecule has 1 saturated heterocycles. The Morgan fingerprint density at radius 1 is 1.47 bits per heavy atom. The molecular formula is C11H25Cl2N3O. The second-order valence-corrected chi connectivity index (χ2v) is 4.24. The Kier molecular flexibility index (Phi) is 12.6. The summed E-state index contributed by atoms with van der Waals surface area (Å²) in [6.07, 6.45) is 2.98. The number of halogens is 2. The topological polar surface area (TPSA) is 44.4 Å². The Morgan fingerprint density at radius 2 is 2.18 bits per heavy atom. The van der Waals surface area contributed by atoms with E-state index < -0.39 is 0 Å². The minimum Gasteiger partial charge on any atom is -0.355 e. The molecule has 0 aromatic heterocycles. The van der Waals surface area contributed by atoms with Crippen molar-refractivity contribution in [3.63, 3.8) is 0 Å². The van der Waals surface area contributed by atoms with Crippen LogP contribution in [-0.4, -0.2) is 50.1 Å². The molecule has 1 aliphatic rings. The molecule has 1 fully saturated rings. The summed E-state index contributed by atoms with van der Waals surface area (Å²) in [7, 11) is 2.06. The maximum Gasteiger partial charge on any atom is 0.221 e. The molecule has 17 heavy (non-hydrogen) atoms. The Bertz CT molecular complexity index is 199. The third-order valence-electron chi connectivity index (χ3n) is 2.95. The van der Waals surface area contributed by atoms with Crippen molar-refractivity contribution >= 4 is 30.7 Å². The molecule has 1 atom stereocenters. The maximum atomic E-state index is 11.5. The number of carbonyl (C=O) groups excluding carboxylic acids is 1. The van der Waals surface area contributed by atoms with Crippen LogP contribution < -0.4 is 10.6 Å². The van der Waals surface area contributed by atoms with Gasteiger partial charge in [-0.15, -0.1) is 24.8 Å². The molecule has 0 aliphatic carbocycles. The van der Waals surface area contributed by atoms with Crippen LogP contribution in [-0.2, 0) is 4.79 Å². The molecule has 6 heteroatoms. The Morgan fingerprint density at radius 3 is 2.71 bits per heavy atom. The van der Waals surface area contributed by atoms with Crippen molar-refractivity contribution in [2.45, 2.75) is 32.2 Å². The summed E-state index contributed by atoms with van der Waals surface area (Å²) in [6, 6.07) is 0.411. The van der Waals surface area contributed by atoms with E-state index in [-0.39, 0.29) is 30.7 Å². The van der Waals surface area contributed by atoms with Gasteiger partial charge in [-0.05, 0) is 33.0 Å². The number of hydrogen-bond donors (Lipinski definition) is 2. The zero-order chi connectivity index (χ0) is 11.1. The summed E-state index contributed by atoms with van der Waals surface area (Å²) in [4.78, 5) is 13.7. The first-order valence-electron chi connectivity index (χ1n) is 5.91. The lowest BCUT2D eigenvalue weighted by molar-refractivity contribution is -0.121. The van der Waals surface area contributed by atoms with E-state index in [0.29, 0.717) is 12.5 Å². The summed E-state index contributed by atoms with van der Waals surface area (Å²) in [6.45, 7) is 5.90. The molecular weight excluding hydrogens is 261 g/mol. The first-order chi connectivity index (χ1) is 7.22. The fraction of sp³-hybridized carbons (Fsp3) is 0.909. The van der Waals surface area contributed by atoms with Gasteiger partial charge in [-0.25, -0.2) is 0 Å². The van der Waals surface area contributed by atoms with E-state index in [1.807, 2.05) is 0 Å². The van der Waals surface area contributed by atoms with E-state index in [2.05, 4.69) is 29.5 Å². The molecule has 0 aromatic carbocycles. The number of hydrogen-bond acceptors (Lipinski definition) is 3. The molecule has 1 aliphatic heterocycles. The van der Waals surface area contributed by atoms with E-state index >= 15 is 0 Å². The molecule has 1 unspecified atom stereocenters. The highest BCUT2D eigenvalue weighted by atomic mass is 35.5. The van der Waals surface area contributed by atoms with Crippen LogP contribution in [0.1, 0.15) is 26.2 Å². The van der Waals surface area contributed by atoms with Gasteiger partial charge in [0.05, 0.1) is 0 Å². The molecule has 104 valence electrons. The fourth-order valence-electron chi connectivity index (χ4n) is 1.77. The summed E-state index contributed by atoms with van der Waals surface area (Å²) in [5, 5.41) is 6.28. The predicted molar refractivity (Wildman–Crippen MR) is 76.3 cm³/mol. The van der Waals surface area contributed by atoms with Crippen molar-refractivity contribution in [2.75, 3.05) is 33.2 Å². The lowest BCUT2D eigenvalue weighted by Gasteiger charge is -2.15. The van der Waals surface area contributed by atoms with Gasteiger partial charge < -0.3 is 15.5 Å². The van der Waals surface area contributed by atoms with Crippen molar-refractivity contribution in [1.29, 1.82) is 0 Å². The third-order valence-corrected chi connectivity index (χ3v) is 2.95. The normalized spacial score (nSPS) is 18.4. The van der Waals surface area contributed by atoms with Crippen molar-refractivity contribution < 1.29 is 4.79 Å². The van der Waals surface area contributed by atoms with Gasteiger partial charge in [0.1, 0.15) is 0 Å². The first-order valence-corrected chi connectivity index (χ1v) is 5.91. The SMILES string of the molecule is CCN(C)CCNC(=O)CC1CCCN1.Cl.Cl. The number of nitrogens with one attached hydrogen (secondary N) is 2. The van der Waals surface area contributed by atoms with Gasteiger partial charge in [0, 0.05) is 25.6 Å². The van der Waals surface area contributed by atoms with Gasteiger partial charge in [-0.3, -0.25) is 4.79 Å². The van der Waals surface area contributed by atoms with Gasteiger partial charge in [0.15, 0.2) is 0 Å². The number of nitrogens with zero attached hydrogens (tertiary/aromatic N) is 1. The molecule has 0 bridgehead atoms. The number of carbonyl (C=O) groups is 1. The van der Waals surface area contributed by atoms with Crippen molar-refractivity contribution in [1.82, 2.24) is 15.5 Å². The van der Waals surface area contributed by atoms with Gasteiger partial charge >= 0.3 is 0 Å². The average molecular weight is 286 g/mol. The van der Waals surface area contributed by atoms with Crippen molar-refractivity contribution in [2.24, 2.45) is 0 Å². The standard InChI is InChI=1S/C11H23N3O.2ClH/c1-3-14(2)8-7-13-11(15)9-10-5-4-6-12-10;;/h10,12H,3-9H2,1-2H3,(H,13,15);2*1H.